The molecule has 0 rings (SSSR count). The average molecular weight is 86.1 g/mol. The molecule has 0 N–H and O–H groups in total. The maximum absolute atomic E-state index is 2.15. The maximum atomic E-state index is 2.15. The molecule has 0 saturated heterocycles. The molecule has 0 saturated carbocycles. The van der Waals surface area contributed by atoms with Gasteiger partial charge in [-0.3, -0.25) is 0 Å². The predicted molar refractivity (Wildman–Crippen MR) is 21.3 cm³/mol. The van der Waals surface area contributed by atoms with E-state index in [4.69, 9.17) is 0 Å². The summed E-state index contributed by atoms with van der Waals surface area (Å²) < 4.78 is 0. The third kappa shape index (κ3) is 9.90. The van der Waals surface area contributed by atoms with Gasteiger partial charge in [-0.2, -0.15) is 0 Å². The fourth-order valence-electron chi connectivity index (χ4n) is 0. The monoisotopic (exact) mass is 86.0 g/mol. The van der Waals surface area contributed by atoms with Crippen LogP contribution in [0.2, 0.25) is 0 Å². The Morgan fingerprint density at radius 3 is 1.50 bits per heavy atom. The molecule has 0 bridgehead atoms. The van der Waals surface area contributed by atoms with Gasteiger partial charge in [0.2, 0.25) is 0 Å². The second-order valence-corrected chi connectivity index (χ2v) is 1.50. The molecule has 0 aliphatic carbocycles. The van der Waals surface area contributed by atoms with Crippen molar-refractivity contribution in [1.29, 1.82) is 0 Å². The Labute approximate surface area is 52.9 Å². The summed E-state index contributed by atoms with van der Waals surface area (Å²) in [6, 6.07) is 0. The molecule has 0 amide bonds. The van der Waals surface area contributed by atoms with Crippen LogP contribution in [0.15, 0.2) is 0 Å². The summed E-state index contributed by atoms with van der Waals surface area (Å²) in [4.78, 5) is 0. The van der Waals surface area contributed by atoms with Gasteiger partial charge < -0.3 is 1.43 Å². The summed E-state index contributed by atoms with van der Waals surface area (Å²) in [6.45, 7) is 4.31. The predicted octanol–water partition coefficient (Wildman–Crippen LogP) is -1.96. The molecule has 0 spiro atoms. The van der Waals surface area contributed by atoms with Crippen LogP contribution in [0, 0.1) is 0 Å². The summed E-state index contributed by atoms with van der Waals surface area (Å²) in [6.07, 6.45) is 0. The minimum atomic E-state index is 0. The van der Waals surface area contributed by atoms with Crippen LogP contribution in [-0.2, 0) is 0 Å². The van der Waals surface area contributed by atoms with Gasteiger partial charge in [0.05, 0.1) is 0 Å². The molecule has 0 nitrogen and oxygen atoms in total. The minimum absolute atomic E-state index is 0. The fourth-order valence-corrected chi connectivity index (χ4v) is 0. The van der Waals surface area contributed by atoms with E-state index in [1.165, 1.54) is 0 Å². The normalized spacial score (nSPS) is 4.50. The van der Waals surface area contributed by atoms with Gasteiger partial charge in [0.25, 0.3) is 0 Å². The van der Waals surface area contributed by atoms with E-state index >= 15 is 0 Å². The Kier molecular flexibility index (Phi) is 20.0. The zero-order chi connectivity index (χ0) is 2.71. The van der Waals surface area contributed by atoms with Gasteiger partial charge in [-0.05, 0) is 13.3 Å². The Morgan fingerprint density at radius 2 is 1.50 bits per heavy atom. The van der Waals surface area contributed by atoms with Crippen LogP contribution < -0.4 is 29.6 Å². The second-order valence-electron chi connectivity index (χ2n) is 0.500. The Bertz CT molecular complexity index is 9.61. The van der Waals surface area contributed by atoms with Gasteiger partial charge in [0.1, 0.15) is 0 Å². The van der Waals surface area contributed by atoms with Crippen molar-refractivity contribution in [3.05, 3.63) is 0 Å². The van der Waals surface area contributed by atoms with Crippen LogP contribution in [0.1, 0.15) is 1.43 Å². The van der Waals surface area contributed by atoms with E-state index in [0.717, 1.165) is 8.58 Å². The quantitative estimate of drug-likeness (QED) is 0.237. The van der Waals surface area contributed by atoms with Crippen molar-refractivity contribution in [2.45, 2.75) is 0 Å². The maximum Gasteiger partial charge on any atom is 1.00 e. The average Bonchev–Trinajstić information content (AvgIpc) is 0.918. The van der Waals surface area contributed by atoms with E-state index in [1.807, 2.05) is 0 Å². The number of hydrogen-bond acceptors (Lipinski definition) is 0. The zero-order valence-corrected chi connectivity index (χ0v) is 6.50. The van der Waals surface area contributed by atoms with Crippen LogP contribution in [0.4, 0.5) is 0 Å². The molecule has 0 aromatic heterocycles. The van der Waals surface area contributed by atoms with Crippen molar-refractivity contribution in [2.75, 3.05) is 13.3 Å². The van der Waals surface area contributed by atoms with Crippen molar-refractivity contribution in [3.8, 4) is 0 Å². The molecule has 0 aromatic rings. The van der Waals surface area contributed by atoms with Crippen molar-refractivity contribution in [3.63, 3.8) is 0 Å². The van der Waals surface area contributed by atoms with Crippen molar-refractivity contribution in [2.24, 2.45) is 0 Å². The summed E-state index contributed by atoms with van der Waals surface area (Å²) in [7, 11) is 1.08. The molecule has 0 aliphatic heterocycles. The summed E-state index contributed by atoms with van der Waals surface area (Å²) in [5.74, 6) is 0. The van der Waals surface area contributed by atoms with E-state index in [0.29, 0.717) is 0 Å². The van der Waals surface area contributed by atoms with E-state index in [9.17, 15) is 0 Å². The molecule has 0 unspecified atom stereocenters. The summed E-state index contributed by atoms with van der Waals surface area (Å²) >= 11 is 0. The van der Waals surface area contributed by atoms with Crippen LogP contribution in [-0.4, -0.2) is 13.3 Å². The molecular formula is C2H8NaP. The van der Waals surface area contributed by atoms with Crippen LogP contribution in [0.5, 0.6) is 0 Å². The standard InChI is InChI=1S/C2H7P.Na.H/c1-3-2;;/h3H,1-2H3;;/q;+1;-1. The largest absolute Gasteiger partial charge is 1.00 e. The second kappa shape index (κ2) is 8.83. The molecule has 0 atom stereocenters. The third-order valence-electron chi connectivity index (χ3n) is 0. The first-order chi connectivity index (χ1) is 1.41. The first-order valence-electron chi connectivity index (χ1n) is 1.00. The fraction of sp³-hybridized carbons (Fsp3) is 1.00. The molecule has 0 fully saturated rings. The van der Waals surface area contributed by atoms with E-state index in [-0.39, 0.29) is 31.0 Å². The van der Waals surface area contributed by atoms with Gasteiger partial charge in [-0.1, -0.05) is 0 Å². The molecule has 0 aliphatic rings. The summed E-state index contributed by atoms with van der Waals surface area (Å²) in [5, 5.41) is 0. The van der Waals surface area contributed by atoms with Crippen LogP contribution in [0.25, 0.3) is 0 Å². The first kappa shape index (κ1) is 9.06. The molecule has 22 valence electrons. The van der Waals surface area contributed by atoms with Crippen LogP contribution >= 0.6 is 8.58 Å². The van der Waals surface area contributed by atoms with Gasteiger partial charge in [-0.15, -0.1) is 8.58 Å². The molecule has 2 heteroatoms. The van der Waals surface area contributed by atoms with E-state index in [2.05, 4.69) is 13.3 Å². The van der Waals surface area contributed by atoms with E-state index in [1.54, 1.807) is 0 Å². The van der Waals surface area contributed by atoms with Gasteiger partial charge in [0.15, 0.2) is 0 Å². The molecule has 0 heterocycles. The zero-order valence-electron chi connectivity index (χ0n) is 4.50. The minimum Gasteiger partial charge on any atom is -1.00 e. The Balaban J connectivity index is -0.0000000200. The van der Waals surface area contributed by atoms with Gasteiger partial charge in [-0.25, -0.2) is 0 Å². The number of rotatable bonds is 0. The Hall–Kier alpha value is 1.43. The molecule has 0 aromatic carbocycles. The van der Waals surface area contributed by atoms with Crippen molar-refractivity contribution < 1.29 is 31.0 Å². The van der Waals surface area contributed by atoms with Crippen molar-refractivity contribution >= 4 is 8.58 Å². The van der Waals surface area contributed by atoms with Gasteiger partial charge >= 0.3 is 29.6 Å². The SMILES string of the molecule is CPC.[H-].[Na+]. The third-order valence-corrected chi connectivity index (χ3v) is 0. The van der Waals surface area contributed by atoms with Crippen LogP contribution in [0.3, 0.4) is 0 Å². The van der Waals surface area contributed by atoms with Gasteiger partial charge in [0, 0.05) is 0 Å². The topological polar surface area (TPSA) is 0 Å². The van der Waals surface area contributed by atoms with Crippen molar-refractivity contribution in [1.82, 2.24) is 0 Å². The first-order valence-corrected chi connectivity index (χ1v) is 3.00. The molecule has 4 heavy (non-hydrogen) atoms. The summed E-state index contributed by atoms with van der Waals surface area (Å²) in [5.41, 5.74) is 0. The van der Waals surface area contributed by atoms with E-state index < -0.39 is 0 Å². The molecular weight excluding hydrogens is 78.0 g/mol. The smallest absolute Gasteiger partial charge is 1.00 e. The molecule has 0 radical (unpaired) electrons. The number of hydrogen-bond donors (Lipinski definition) is 0. The Morgan fingerprint density at radius 1 is 1.50 bits per heavy atom.